The molecule has 0 spiro atoms. The molecule has 22 heavy (non-hydrogen) atoms. The molecule has 1 amide bonds. The maximum atomic E-state index is 12.9. The Kier molecular flexibility index (Phi) is 6.34. The number of nitrogens with one attached hydrogen (secondary N) is 1. The van der Waals surface area contributed by atoms with Gasteiger partial charge in [0.25, 0.3) is 0 Å². The molecule has 1 aliphatic rings. The van der Waals surface area contributed by atoms with Crippen LogP contribution in [0, 0.1) is 11.7 Å². The van der Waals surface area contributed by atoms with Crippen molar-refractivity contribution in [3.05, 3.63) is 35.6 Å². The summed E-state index contributed by atoms with van der Waals surface area (Å²) in [4.78, 5) is 11.6. The summed E-state index contributed by atoms with van der Waals surface area (Å²) in [6.45, 7) is 3.30. The van der Waals surface area contributed by atoms with E-state index >= 15 is 0 Å². The van der Waals surface area contributed by atoms with Gasteiger partial charge in [0.2, 0.25) is 5.91 Å². The predicted octanol–water partition coefficient (Wildman–Crippen LogP) is 2.54. The quantitative estimate of drug-likeness (QED) is 0.761. The Balaban J connectivity index is 1.79. The summed E-state index contributed by atoms with van der Waals surface area (Å²) < 4.78 is 18.8. The van der Waals surface area contributed by atoms with Crippen LogP contribution in [-0.4, -0.2) is 25.2 Å². The van der Waals surface area contributed by atoms with E-state index in [1.165, 1.54) is 31.4 Å². The Morgan fingerprint density at radius 1 is 1.36 bits per heavy atom. The van der Waals surface area contributed by atoms with Gasteiger partial charge in [-0.25, -0.2) is 4.39 Å². The highest BCUT2D eigenvalue weighted by atomic mass is 19.1. The lowest BCUT2D eigenvalue weighted by atomic mass is 9.88. The van der Waals surface area contributed by atoms with Crippen LogP contribution in [0.2, 0.25) is 0 Å². The Bertz CT molecular complexity index is 478. The molecule has 4 nitrogen and oxygen atoms in total. The third-order valence-electron chi connectivity index (χ3n) is 4.30. The van der Waals surface area contributed by atoms with Crippen LogP contribution in [0.15, 0.2) is 24.3 Å². The summed E-state index contributed by atoms with van der Waals surface area (Å²) >= 11 is 0. The highest BCUT2D eigenvalue weighted by molar-refractivity contribution is 5.81. The molecule has 2 rings (SSSR count). The molecule has 1 aliphatic carbocycles. The fraction of sp³-hybridized carbons (Fsp3) is 0.588. The number of rotatable bonds is 7. The summed E-state index contributed by atoms with van der Waals surface area (Å²) in [6, 6.07) is 5.18. The minimum Gasteiger partial charge on any atom is -0.377 e. The predicted molar refractivity (Wildman–Crippen MR) is 83.7 cm³/mol. The first-order valence-electron chi connectivity index (χ1n) is 7.97. The highest BCUT2D eigenvalue weighted by Gasteiger charge is 2.22. The van der Waals surface area contributed by atoms with Gasteiger partial charge >= 0.3 is 0 Å². The number of carbonyl (C=O) groups excluding carboxylic acids is 1. The third-order valence-corrected chi connectivity index (χ3v) is 4.30. The molecule has 5 heteroatoms. The summed E-state index contributed by atoms with van der Waals surface area (Å²) in [5, 5.41) is 3.09. The normalized spacial score (nSPS) is 23.2. The van der Waals surface area contributed by atoms with Gasteiger partial charge in [0.05, 0.1) is 12.7 Å². The van der Waals surface area contributed by atoms with Gasteiger partial charge in [-0.15, -0.1) is 0 Å². The summed E-state index contributed by atoms with van der Waals surface area (Å²) in [5.74, 6) is -0.211. The lowest BCUT2D eigenvalue weighted by Gasteiger charge is -2.29. The largest absolute Gasteiger partial charge is 0.377 e. The van der Waals surface area contributed by atoms with Crippen molar-refractivity contribution < 1.29 is 13.9 Å². The Morgan fingerprint density at radius 2 is 2.05 bits per heavy atom. The van der Waals surface area contributed by atoms with E-state index in [4.69, 9.17) is 10.5 Å². The molecule has 122 valence electrons. The van der Waals surface area contributed by atoms with Crippen LogP contribution in [-0.2, 0) is 9.53 Å². The standard InChI is InChI=1S/C17H25FN2O2/c1-12-4-2-3-5-15(12)22-11-10-20-16(17(19)21)13-6-8-14(18)9-7-13/h6-9,12,15-16,20H,2-5,10-11H2,1H3,(H2,19,21). The van der Waals surface area contributed by atoms with E-state index in [0.29, 0.717) is 30.7 Å². The van der Waals surface area contributed by atoms with Gasteiger partial charge in [-0.2, -0.15) is 0 Å². The van der Waals surface area contributed by atoms with Gasteiger partial charge in [-0.05, 0) is 36.5 Å². The van der Waals surface area contributed by atoms with Gasteiger partial charge in [0.1, 0.15) is 11.9 Å². The fourth-order valence-electron chi connectivity index (χ4n) is 2.98. The number of primary amides is 1. The first kappa shape index (κ1) is 16.9. The number of hydrogen-bond acceptors (Lipinski definition) is 3. The smallest absolute Gasteiger partial charge is 0.239 e. The zero-order chi connectivity index (χ0) is 15.9. The zero-order valence-electron chi connectivity index (χ0n) is 13.1. The SMILES string of the molecule is CC1CCCCC1OCCNC(C(N)=O)c1ccc(F)cc1. The molecule has 1 fully saturated rings. The maximum Gasteiger partial charge on any atom is 0.239 e. The summed E-state index contributed by atoms with van der Waals surface area (Å²) in [5.41, 5.74) is 6.08. The topological polar surface area (TPSA) is 64.3 Å². The van der Waals surface area contributed by atoms with Crippen molar-refractivity contribution in [2.75, 3.05) is 13.2 Å². The van der Waals surface area contributed by atoms with Crippen molar-refractivity contribution in [2.24, 2.45) is 11.7 Å². The van der Waals surface area contributed by atoms with E-state index in [2.05, 4.69) is 12.2 Å². The van der Waals surface area contributed by atoms with Gasteiger partial charge < -0.3 is 10.5 Å². The number of ether oxygens (including phenoxy) is 1. The number of amides is 1. The molecule has 0 saturated heterocycles. The highest BCUT2D eigenvalue weighted by Crippen LogP contribution is 2.26. The number of nitrogens with two attached hydrogens (primary N) is 1. The van der Waals surface area contributed by atoms with Crippen molar-refractivity contribution >= 4 is 5.91 Å². The van der Waals surface area contributed by atoms with Crippen molar-refractivity contribution in [1.82, 2.24) is 5.32 Å². The van der Waals surface area contributed by atoms with E-state index in [1.54, 1.807) is 12.1 Å². The van der Waals surface area contributed by atoms with Crippen molar-refractivity contribution in [2.45, 2.75) is 44.8 Å². The summed E-state index contributed by atoms with van der Waals surface area (Å²) in [7, 11) is 0. The van der Waals surface area contributed by atoms with Crippen LogP contribution < -0.4 is 11.1 Å². The Morgan fingerprint density at radius 3 is 2.68 bits per heavy atom. The average molecular weight is 308 g/mol. The maximum absolute atomic E-state index is 12.9. The monoisotopic (exact) mass is 308 g/mol. The van der Waals surface area contributed by atoms with Crippen molar-refractivity contribution in [3.63, 3.8) is 0 Å². The Hall–Kier alpha value is -1.46. The molecule has 3 unspecified atom stereocenters. The van der Waals surface area contributed by atoms with Crippen molar-refractivity contribution in [1.29, 1.82) is 0 Å². The molecule has 1 aromatic rings. The van der Waals surface area contributed by atoms with Crippen LogP contribution in [0.3, 0.4) is 0 Å². The second kappa shape index (κ2) is 8.25. The van der Waals surface area contributed by atoms with Crippen LogP contribution >= 0.6 is 0 Å². The van der Waals surface area contributed by atoms with Gasteiger partial charge in [0.15, 0.2) is 0 Å². The lowest BCUT2D eigenvalue weighted by Crippen LogP contribution is -2.36. The van der Waals surface area contributed by atoms with E-state index in [-0.39, 0.29) is 5.82 Å². The lowest BCUT2D eigenvalue weighted by molar-refractivity contribution is -0.120. The van der Waals surface area contributed by atoms with E-state index in [9.17, 15) is 9.18 Å². The summed E-state index contributed by atoms with van der Waals surface area (Å²) in [6.07, 6.45) is 5.15. The van der Waals surface area contributed by atoms with Gasteiger partial charge in [-0.1, -0.05) is 31.9 Å². The van der Waals surface area contributed by atoms with Crippen LogP contribution in [0.5, 0.6) is 0 Å². The molecule has 3 atom stereocenters. The molecular formula is C17H25FN2O2. The molecule has 0 bridgehead atoms. The van der Waals surface area contributed by atoms with E-state index < -0.39 is 11.9 Å². The number of benzene rings is 1. The molecular weight excluding hydrogens is 283 g/mol. The molecule has 3 N–H and O–H groups in total. The van der Waals surface area contributed by atoms with Crippen LogP contribution in [0.1, 0.15) is 44.2 Å². The second-order valence-corrected chi connectivity index (χ2v) is 6.01. The van der Waals surface area contributed by atoms with Gasteiger partial charge in [0, 0.05) is 6.54 Å². The molecule has 0 aliphatic heterocycles. The molecule has 1 saturated carbocycles. The van der Waals surface area contributed by atoms with E-state index in [0.717, 1.165) is 6.42 Å². The third kappa shape index (κ3) is 4.78. The molecule has 0 aromatic heterocycles. The second-order valence-electron chi connectivity index (χ2n) is 6.01. The fourth-order valence-corrected chi connectivity index (χ4v) is 2.98. The van der Waals surface area contributed by atoms with Crippen molar-refractivity contribution in [3.8, 4) is 0 Å². The van der Waals surface area contributed by atoms with Gasteiger partial charge in [-0.3, -0.25) is 10.1 Å². The first-order valence-corrected chi connectivity index (χ1v) is 7.97. The Labute approximate surface area is 131 Å². The minimum atomic E-state index is -0.618. The first-order chi connectivity index (χ1) is 10.6. The zero-order valence-corrected chi connectivity index (χ0v) is 13.1. The molecule has 0 radical (unpaired) electrons. The minimum absolute atomic E-state index is 0.313. The van der Waals surface area contributed by atoms with Crippen LogP contribution in [0.25, 0.3) is 0 Å². The average Bonchev–Trinajstić information content (AvgIpc) is 2.50. The van der Waals surface area contributed by atoms with Crippen LogP contribution in [0.4, 0.5) is 4.39 Å². The number of halogens is 1. The molecule has 1 aromatic carbocycles. The molecule has 0 heterocycles. The number of carbonyl (C=O) groups is 1. The number of hydrogen-bond donors (Lipinski definition) is 2. The van der Waals surface area contributed by atoms with E-state index in [1.807, 2.05) is 0 Å².